The van der Waals surface area contributed by atoms with Crippen LogP contribution in [0.4, 0.5) is 5.69 Å². The fourth-order valence-electron chi connectivity index (χ4n) is 3.17. The van der Waals surface area contributed by atoms with E-state index in [1.54, 1.807) is 11.8 Å². The number of amides is 2. The molecule has 0 bridgehead atoms. The van der Waals surface area contributed by atoms with Gasteiger partial charge in [-0.15, -0.1) is 11.8 Å². The minimum atomic E-state index is -0.316. The zero-order valence-electron chi connectivity index (χ0n) is 15.2. The summed E-state index contributed by atoms with van der Waals surface area (Å²) in [5.41, 5.74) is 3.09. The van der Waals surface area contributed by atoms with Crippen molar-refractivity contribution in [3.8, 4) is 0 Å². The van der Waals surface area contributed by atoms with Crippen molar-refractivity contribution in [1.29, 1.82) is 0 Å². The van der Waals surface area contributed by atoms with Crippen LogP contribution < -0.4 is 10.2 Å². The first-order valence-corrected chi connectivity index (χ1v) is 9.89. The second-order valence-electron chi connectivity index (χ2n) is 6.58. The number of carbonyl (C=O) groups excluding carboxylic acids is 2. The maximum atomic E-state index is 13.1. The molecule has 0 aliphatic carbocycles. The van der Waals surface area contributed by atoms with E-state index in [9.17, 15) is 9.59 Å². The summed E-state index contributed by atoms with van der Waals surface area (Å²) < 4.78 is 0. The number of hydrogen-bond acceptors (Lipinski definition) is 3. The van der Waals surface area contributed by atoms with Crippen LogP contribution in [0, 0.1) is 6.92 Å². The van der Waals surface area contributed by atoms with Crippen LogP contribution >= 0.6 is 11.8 Å². The largest absolute Gasteiger partial charge is 0.349 e. The molecular weight excluding hydrogens is 344 g/mol. The summed E-state index contributed by atoms with van der Waals surface area (Å²) in [6, 6.07) is 15.7. The number of nitrogens with zero attached hydrogens (tertiary/aromatic N) is 1. The molecule has 136 valence electrons. The lowest BCUT2D eigenvalue weighted by molar-refractivity contribution is -0.121. The van der Waals surface area contributed by atoms with Crippen LogP contribution in [0.1, 0.15) is 36.9 Å². The summed E-state index contributed by atoms with van der Waals surface area (Å²) in [7, 11) is 0. The Morgan fingerprint density at radius 3 is 2.62 bits per heavy atom. The van der Waals surface area contributed by atoms with E-state index < -0.39 is 0 Å². The van der Waals surface area contributed by atoms with Gasteiger partial charge in [-0.1, -0.05) is 42.0 Å². The molecule has 0 saturated heterocycles. The van der Waals surface area contributed by atoms with Crippen molar-refractivity contribution in [3.63, 3.8) is 0 Å². The van der Waals surface area contributed by atoms with E-state index >= 15 is 0 Å². The number of para-hydroxylation sites is 1. The van der Waals surface area contributed by atoms with Crippen LogP contribution in [-0.2, 0) is 9.59 Å². The number of thioether (sulfide) groups is 1. The third kappa shape index (κ3) is 4.47. The maximum Gasteiger partial charge on any atom is 0.229 e. The number of fused-ring (bicyclic) bond motifs is 1. The monoisotopic (exact) mass is 368 g/mol. The highest BCUT2D eigenvalue weighted by Gasteiger charge is 2.25. The molecule has 0 saturated carbocycles. The van der Waals surface area contributed by atoms with E-state index in [0.29, 0.717) is 6.54 Å². The lowest BCUT2D eigenvalue weighted by Gasteiger charge is -2.26. The lowest BCUT2D eigenvalue weighted by Crippen LogP contribution is -2.36. The van der Waals surface area contributed by atoms with E-state index in [1.807, 2.05) is 54.3 Å². The molecule has 0 fully saturated rings. The summed E-state index contributed by atoms with van der Waals surface area (Å²) in [4.78, 5) is 27.8. The third-order valence-corrected chi connectivity index (χ3v) is 5.63. The first-order valence-electron chi connectivity index (χ1n) is 8.90. The summed E-state index contributed by atoms with van der Waals surface area (Å²) >= 11 is 1.79. The van der Waals surface area contributed by atoms with Gasteiger partial charge in [-0.25, -0.2) is 0 Å². The quantitative estimate of drug-likeness (QED) is 0.884. The number of anilines is 1. The molecule has 1 N–H and O–H groups in total. The molecule has 3 rings (SSSR count). The molecule has 1 heterocycles. The number of aryl methyl sites for hydroxylation is 1. The van der Waals surface area contributed by atoms with Gasteiger partial charge in [0, 0.05) is 18.4 Å². The molecule has 0 spiro atoms. The molecule has 2 amide bonds. The Bertz CT molecular complexity index is 789. The molecule has 0 radical (unpaired) electrons. The van der Waals surface area contributed by atoms with E-state index in [4.69, 9.17) is 0 Å². The van der Waals surface area contributed by atoms with E-state index in [0.717, 1.165) is 33.9 Å². The van der Waals surface area contributed by atoms with Crippen molar-refractivity contribution < 1.29 is 9.59 Å². The topological polar surface area (TPSA) is 49.4 Å². The summed E-state index contributed by atoms with van der Waals surface area (Å²) in [6.45, 7) is 4.22. The third-order valence-electron chi connectivity index (χ3n) is 4.48. The van der Waals surface area contributed by atoms with Crippen molar-refractivity contribution in [2.45, 2.75) is 37.6 Å². The molecule has 1 unspecified atom stereocenters. The first kappa shape index (κ1) is 18.5. The lowest BCUT2D eigenvalue weighted by atomic mass is 10.0. The zero-order valence-corrected chi connectivity index (χ0v) is 16.0. The number of benzene rings is 2. The predicted molar refractivity (Wildman–Crippen MR) is 106 cm³/mol. The fraction of sp³-hybridized carbons (Fsp3) is 0.333. The Kier molecular flexibility index (Phi) is 5.99. The number of carbonyl (C=O) groups is 2. The van der Waals surface area contributed by atoms with Crippen LogP contribution in [0.2, 0.25) is 0 Å². The molecule has 1 aliphatic rings. The van der Waals surface area contributed by atoms with Gasteiger partial charge < -0.3 is 10.2 Å². The standard InChI is InChI=1S/C21H24N2O2S/c1-15-8-10-17(11-9-15)18(22-16(2)24)14-21(25)23-12-5-13-26-20-7-4-3-6-19(20)23/h3-4,6-11,18H,5,12-14H2,1-2H3,(H,22,24). The highest BCUT2D eigenvalue weighted by atomic mass is 32.2. The first-order chi connectivity index (χ1) is 12.5. The van der Waals surface area contributed by atoms with Gasteiger partial charge in [-0.05, 0) is 36.8 Å². The van der Waals surface area contributed by atoms with Gasteiger partial charge in [0.2, 0.25) is 11.8 Å². The second-order valence-corrected chi connectivity index (χ2v) is 7.72. The van der Waals surface area contributed by atoms with Gasteiger partial charge in [0.15, 0.2) is 0 Å². The number of hydrogen-bond donors (Lipinski definition) is 1. The van der Waals surface area contributed by atoms with Gasteiger partial charge >= 0.3 is 0 Å². The van der Waals surface area contributed by atoms with Gasteiger partial charge in [-0.3, -0.25) is 9.59 Å². The maximum absolute atomic E-state index is 13.1. The molecule has 2 aromatic rings. The average Bonchev–Trinajstić information content (AvgIpc) is 2.84. The van der Waals surface area contributed by atoms with E-state index in [2.05, 4.69) is 11.4 Å². The normalized spacial score (nSPS) is 14.9. The van der Waals surface area contributed by atoms with Crippen LogP contribution in [0.3, 0.4) is 0 Å². The Hall–Kier alpha value is -2.27. The molecule has 5 heteroatoms. The van der Waals surface area contributed by atoms with Gasteiger partial charge in [-0.2, -0.15) is 0 Å². The van der Waals surface area contributed by atoms with Gasteiger partial charge in [0.05, 0.1) is 18.2 Å². The van der Waals surface area contributed by atoms with Crippen molar-refractivity contribution in [3.05, 3.63) is 59.7 Å². The smallest absolute Gasteiger partial charge is 0.229 e. The Balaban J connectivity index is 1.83. The minimum Gasteiger partial charge on any atom is -0.349 e. The Labute approximate surface area is 159 Å². The number of nitrogens with one attached hydrogen (secondary N) is 1. The van der Waals surface area contributed by atoms with Crippen LogP contribution in [0.25, 0.3) is 0 Å². The molecular formula is C21H24N2O2S. The van der Waals surface area contributed by atoms with Crippen molar-refractivity contribution >= 4 is 29.3 Å². The van der Waals surface area contributed by atoms with Crippen LogP contribution in [-0.4, -0.2) is 24.1 Å². The van der Waals surface area contributed by atoms with Crippen LogP contribution in [0.5, 0.6) is 0 Å². The van der Waals surface area contributed by atoms with Crippen molar-refractivity contribution in [2.75, 3.05) is 17.2 Å². The molecule has 4 nitrogen and oxygen atoms in total. The second kappa shape index (κ2) is 8.41. The molecule has 0 aromatic heterocycles. The molecule has 1 aliphatic heterocycles. The molecule has 26 heavy (non-hydrogen) atoms. The van der Waals surface area contributed by atoms with Crippen molar-refractivity contribution in [2.24, 2.45) is 0 Å². The fourth-order valence-corrected chi connectivity index (χ4v) is 4.16. The highest BCUT2D eigenvalue weighted by molar-refractivity contribution is 7.99. The van der Waals surface area contributed by atoms with E-state index in [-0.39, 0.29) is 24.3 Å². The average molecular weight is 369 g/mol. The number of rotatable bonds is 4. The summed E-state index contributed by atoms with van der Waals surface area (Å²) in [5.74, 6) is 0.919. The minimum absolute atomic E-state index is 0.0410. The summed E-state index contributed by atoms with van der Waals surface area (Å²) in [5, 5.41) is 2.93. The van der Waals surface area contributed by atoms with Gasteiger partial charge in [0.1, 0.15) is 0 Å². The Morgan fingerprint density at radius 1 is 1.15 bits per heavy atom. The molecule has 2 aromatic carbocycles. The molecule has 1 atom stereocenters. The zero-order chi connectivity index (χ0) is 18.5. The Morgan fingerprint density at radius 2 is 1.88 bits per heavy atom. The highest BCUT2D eigenvalue weighted by Crippen LogP contribution is 2.34. The predicted octanol–water partition coefficient (Wildman–Crippen LogP) is 4.09. The van der Waals surface area contributed by atoms with Crippen LogP contribution in [0.15, 0.2) is 53.4 Å². The SMILES string of the molecule is CC(=O)NC(CC(=O)N1CCCSc2ccccc21)c1ccc(C)cc1. The summed E-state index contributed by atoms with van der Waals surface area (Å²) in [6.07, 6.45) is 1.21. The van der Waals surface area contributed by atoms with E-state index in [1.165, 1.54) is 6.92 Å². The van der Waals surface area contributed by atoms with Gasteiger partial charge in [0.25, 0.3) is 0 Å². The van der Waals surface area contributed by atoms with Crippen molar-refractivity contribution in [1.82, 2.24) is 5.32 Å².